The van der Waals surface area contributed by atoms with Crippen LogP contribution in [0.25, 0.3) is 0 Å². The minimum absolute atomic E-state index is 0.311. The number of hydrogen-bond donors (Lipinski definition) is 0. The predicted molar refractivity (Wildman–Crippen MR) is 82.0 cm³/mol. The van der Waals surface area contributed by atoms with Crippen LogP contribution < -0.4 is 0 Å². The van der Waals surface area contributed by atoms with Crippen molar-refractivity contribution in [3.8, 4) is 0 Å². The van der Waals surface area contributed by atoms with Crippen molar-refractivity contribution in [2.45, 2.75) is 45.6 Å². The molecule has 3 rings (SSSR count). The molecule has 0 atom stereocenters. The van der Waals surface area contributed by atoms with Crippen molar-refractivity contribution in [3.63, 3.8) is 0 Å². The Hall–Kier alpha value is -1.43. The van der Waals surface area contributed by atoms with E-state index in [1.54, 1.807) is 0 Å². The summed E-state index contributed by atoms with van der Waals surface area (Å²) in [5.74, 6) is 2.69. The Morgan fingerprint density at radius 2 is 2.05 bits per heavy atom. The molecule has 1 aliphatic heterocycles. The number of likely N-dealkylation sites (tertiary alicyclic amines) is 1. The van der Waals surface area contributed by atoms with Crippen molar-refractivity contribution >= 4 is 5.91 Å². The largest absolute Gasteiger partial charge is 0.345 e. The van der Waals surface area contributed by atoms with Gasteiger partial charge < -0.3 is 9.42 Å². The lowest BCUT2D eigenvalue weighted by Gasteiger charge is -2.35. The van der Waals surface area contributed by atoms with Gasteiger partial charge in [-0.25, -0.2) is 0 Å². The molecule has 2 fully saturated rings. The molecule has 6 heteroatoms. The summed E-state index contributed by atoms with van der Waals surface area (Å²) in [5.41, 5.74) is 0. The highest BCUT2D eigenvalue weighted by Crippen LogP contribution is 2.28. The molecule has 2 heterocycles. The zero-order valence-electron chi connectivity index (χ0n) is 13.6. The van der Waals surface area contributed by atoms with Crippen LogP contribution in [0.2, 0.25) is 0 Å². The number of carbonyl (C=O) groups is 1. The first-order chi connectivity index (χ1) is 10.6. The highest BCUT2D eigenvalue weighted by molar-refractivity contribution is 5.79. The van der Waals surface area contributed by atoms with Crippen LogP contribution in [-0.4, -0.2) is 52.5 Å². The van der Waals surface area contributed by atoms with E-state index in [4.69, 9.17) is 4.52 Å². The van der Waals surface area contributed by atoms with Gasteiger partial charge in [0.15, 0.2) is 5.82 Å². The molecule has 0 radical (unpaired) electrons. The highest BCUT2D eigenvalue weighted by Gasteiger charge is 2.29. The molecule has 0 bridgehead atoms. The average Bonchev–Trinajstić information content (AvgIpc) is 2.84. The molecule has 0 unspecified atom stereocenters. The summed E-state index contributed by atoms with van der Waals surface area (Å²) in [4.78, 5) is 20.8. The molecule has 1 aliphatic carbocycles. The predicted octanol–water partition coefficient (Wildman–Crippen LogP) is 1.85. The Morgan fingerprint density at radius 3 is 2.59 bits per heavy atom. The molecule has 1 aromatic rings. The van der Waals surface area contributed by atoms with Crippen molar-refractivity contribution in [2.75, 3.05) is 26.7 Å². The average molecular weight is 306 g/mol. The number of piperidine rings is 1. The summed E-state index contributed by atoms with van der Waals surface area (Å²) in [6.45, 7) is 5.57. The van der Waals surface area contributed by atoms with Crippen LogP contribution >= 0.6 is 0 Å². The Bertz CT molecular complexity index is 504. The number of nitrogens with zero attached hydrogens (tertiary/aromatic N) is 4. The van der Waals surface area contributed by atoms with Crippen molar-refractivity contribution < 1.29 is 9.32 Å². The summed E-state index contributed by atoms with van der Waals surface area (Å²) in [7, 11) is 1.97. The number of aromatic nitrogens is 2. The van der Waals surface area contributed by atoms with Crippen LogP contribution in [0, 0.1) is 18.8 Å². The highest BCUT2D eigenvalue weighted by atomic mass is 16.5. The van der Waals surface area contributed by atoms with E-state index in [1.165, 1.54) is 6.42 Å². The fourth-order valence-electron chi connectivity index (χ4n) is 3.37. The Labute approximate surface area is 131 Å². The molecule has 1 amide bonds. The monoisotopic (exact) mass is 306 g/mol. The van der Waals surface area contributed by atoms with E-state index in [-0.39, 0.29) is 0 Å². The van der Waals surface area contributed by atoms with E-state index in [2.05, 4.69) is 15.0 Å². The van der Waals surface area contributed by atoms with E-state index in [0.717, 1.165) is 51.9 Å². The standard InChI is InChI=1S/C16H26N4O2/c1-12-17-15(22-18-12)11-20-8-6-13(7-9-20)10-19(2)16(21)14-4-3-5-14/h13-14H,3-11H2,1-2H3. The Balaban J connectivity index is 1.40. The zero-order valence-corrected chi connectivity index (χ0v) is 13.6. The Morgan fingerprint density at radius 1 is 1.32 bits per heavy atom. The third kappa shape index (κ3) is 3.66. The van der Waals surface area contributed by atoms with Gasteiger partial charge in [0.05, 0.1) is 6.54 Å². The summed E-state index contributed by atoms with van der Waals surface area (Å²) >= 11 is 0. The number of hydrogen-bond acceptors (Lipinski definition) is 5. The minimum Gasteiger partial charge on any atom is -0.345 e. The van der Waals surface area contributed by atoms with Crippen LogP contribution in [0.15, 0.2) is 4.52 Å². The molecular formula is C16H26N4O2. The van der Waals surface area contributed by atoms with E-state index >= 15 is 0 Å². The quantitative estimate of drug-likeness (QED) is 0.831. The number of aryl methyl sites for hydroxylation is 1. The van der Waals surface area contributed by atoms with Crippen LogP contribution in [0.3, 0.4) is 0 Å². The molecule has 22 heavy (non-hydrogen) atoms. The first-order valence-corrected chi connectivity index (χ1v) is 8.38. The molecular weight excluding hydrogens is 280 g/mol. The fraction of sp³-hybridized carbons (Fsp3) is 0.812. The lowest BCUT2D eigenvalue weighted by atomic mass is 9.84. The number of carbonyl (C=O) groups excluding carboxylic acids is 1. The molecule has 2 aliphatic rings. The maximum absolute atomic E-state index is 12.2. The van der Waals surface area contributed by atoms with Crippen LogP contribution in [0.1, 0.15) is 43.8 Å². The lowest BCUT2D eigenvalue weighted by Crippen LogP contribution is -2.42. The van der Waals surface area contributed by atoms with Gasteiger partial charge in [0.25, 0.3) is 0 Å². The molecule has 0 spiro atoms. The summed E-state index contributed by atoms with van der Waals surface area (Å²) in [6, 6.07) is 0. The maximum atomic E-state index is 12.2. The minimum atomic E-state index is 0.311. The summed E-state index contributed by atoms with van der Waals surface area (Å²) in [6.07, 6.45) is 5.67. The van der Waals surface area contributed by atoms with Gasteiger partial charge in [-0.15, -0.1) is 0 Å². The normalized spacial score (nSPS) is 20.8. The van der Waals surface area contributed by atoms with Crippen LogP contribution in [0.4, 0.5) is 0 Å². The van der Waals surface area contributed by atoms with Gasteiger partial charge in [-0.1, -0.05) is 11.6 Å². The molecule has 1 saturated carbocycles. The van der Waals surface area contributed by atoms with Crippen LogP contribution in [-0.2, 0) is 11.3 Å². The van der Waals surface area contributed by atoms with Gasteiger partial charge in [0, 0.05) is 19.5 Å². The summed E-state index contributed by atoms with van der Waals surface area (Å²) in [5, 5.41) is 3.83. The lowest BCUT2D eigenvalue weighted by molar-refractivity contribution is -0.137. The number of amides is 1. The van der Waals surface area contributed by atoms with E-state index in [0.29, 0.717) is 29.5 Å². The Kier molecular flexibility index (Phi) is 4.76. The van der Waals surface area contributed by atoms with Gasteiger partial charge in [0.1, 0.15) is 0 Å². The third-order valence-electron chi connectivity index (χ3n) is 5.00. The summed E-state index contributed by atoms with van der Waals surface area (Å²) < 4.78 is 5.18. The first kappa shape index (κ1) is 15.5. The molecule has 1 aromatic heterocycles. The molecule has 0 N–H and O–H groups in total. The smallest absolute Gasteiger partial charge is 0.240 e. The topological polar surface area (TPSA) is 62.5 Å². The van der Waals surface area contributed by atoms with Gasteiger partial charge in [-0.05, 0) is 51.6 Å². The van der Waals surface area contributed by atoms with Gasteiger partial charge in [0.2, 0.25) is 11.8 Å². The second kappa shape index (κ2) is 6.77. The van der Waals surface area contributed by atoms with Crippen molar-refractivity contribution in [2.24, 2.45) is 11.8 Å². The van der Waals surface area contributed by atoms with Crippen molar-refractivity contribution in [3.05, 3.63) is 11.7 Å². The van der Waals surface area contributed by atoms with E-state index in [9.17, 15) is 4.79 Å². The SMILES string of the molecule is Cc1noc(CN2CCC(CN(C)C(=O)C3CCC3)CC2)n1. The van der Waals surface area contributed by atoms with E-state index < -0.39 is 0 Å². The third-order valence-corrected chi connectivity index (χ3v) is 5.00. The van der Waals surface area contributed by atoms with Crippen molar-refractivity contribution in [1.29, 1.82) is 0 Å². The van der Waals surface area contributed by atoms with Crippen LogP contribution in [0.5, 0.6) is 0 Å². The molecule has 6 nitrogen and oxygen atoms in total. The number of rotatable bonds is 5. The maximum Gasteiger partial charge on any atom is 0.240 e. The van der Waals surface area contributed by atoms with Gasteiger partial charge in [-0.3, -0.25) is 9.69 Å². The fourth-order valence-corrected chi connectivity index (χ4v) is 3.37. The second-order valence-electron chi connectivity index (χ2n) is 6.80. The zero-order chi connectivity index (χ0) is 15.5. The molecule has 122 valence electrons. The molecule has 1 saturated heterocycles. The first-order valence-electron chi connectivity index (χ1n) is 8.38. The van der Waals surface area contributed by atoms with Gasteiger partial charge >= 0.3 is 0 Å². The second-order valence-corrected chi connectivity index (χ2v) is 6.80. The van der Waals surface area contributed by atoms with Gasteiger partial charge in [-0.2, -0.15) is 4.98 Å². The van der Waals surface area contributed by atoms with E-state index in [1.807, 2.05) is 18.9 Å². The molecule has 0 aromatic carbocycles. The van der Waals surface area contributed by atoms with Crippen molar-refractivity contribution in [1.82, 2.24) is 19.9 Å².